The summed E-state index contributed by atoms with van der Waals surface area (Å²) < 4.78 is 1.58. The van der Waals surface area contributed by atoms with Crippen LogP contribution < -0.4 is 5.73 Å². The summed E-state index contributed by atoms with van der Waals surface area (Å²) in [5.74, 6) is 0.331. The average Bonchev–Trinajstić information content (AvgIpc) is 3.12. The lowest BCUT2D eigenvalue weighted by atomic mass is 9.97. The summed E-state index contributed by atoms with van der Waals surface area (Å²) in [7, 11) is 0. The third-order valence-corrected chi connectivity index (χ3v) is 4.09. The maximum Gasteiger partial charge on any atom is 0.177 e. The van der Waals surface area contributed by atoms with E-state index >= 15 is 0 Å². The molecule has 0 amide bonds. The van der Waals surface area contributed by atoms with Gasteiger partial charge >= 0.3 is 0 Å². The molecule has 29 heavy (non-hydrogen) atoms. The van der Waals surface area contributed by atoms with E-state index in [0.29, 0.717) is 35.0 Å². The Bertz CT molecular complexity index is 1130. The first kappa shape index (κ1) is 20.2. The number of aliphatic hydroxyl groups excluding tert-OH is 1. The first-order valence-corrected chi connectivity index (χ1v) is 9.14. The fourth-order valence-corrected chi connectivity index (χ4v) is 2.74. The Kier molecular flexibility index (Phi) is 5.71. The number of fused-ring (bicyclic) bond motifs is 1. The number of rotatable bonds is 5. The molecule has 0 radical (unpaired) electrons. The molecule has 0 atom stereocenters. The molecular formula is C21H23N7O. The van der Waals surface area contributed by atoms with E-state index in [0.717, 1.165) is 11.1 Å². The highest BCUT2D eigenvalue weighted by Gasteiger charge is 2.14. The number of aliphatic hydroxyl groups is 1. The first-order chi connectivity index (χ1) is 13.8. The fraction of sp³-hybridized carbons (Fsp3) is 0.286. The van der Waals surface area contributed by atoms with Gasteiger partial charge in [0.2, 0.25) is 0 Å². The number of hydrogen-bond acceptors (Lipinski definition) is 7. The molecule has 3 aromatic heterocycles. The zero-order chi connectivity index (χ0) is 21.0. The van der Waals surface area contributed by atoms with Gasteiger partial charge in [0, 0.05) is 41.9 Å². The van der Waals surface area contributed by atoms with Crippen LogP contribution >= 0.6 is 0 Å². The van der Waals surface area contributed by atoms with Crippen molar-refractivity contribution in [2.24, 2.45) is 16.1 Å². The van der Waals surface area contributed by atoms with Crippen LogP contribution in [0.1, 0.15) is 37.9 Å². The molecular weight excluding hydrogens is 366 g/mol. The summed E-state index contributed by atoms with van der Waals surface area (Å²) in [6.45, 7) is 6.74. The highest BCUT2D eigenvalue weighted by atomic mass is 16.3. The Hall–Kier alpha value is -3.57. The average molecular weight is 389 g/mol. The summed E-state index contributed by atoms with van der Waals surface area (Å²) in [6, 6.07) is 9.18. The Labute approximate surface area is 169 Å². The molecule has 0 bridgehead atoms. The molecule has 0 spiro atoms. The second-order valence-corrected chi connectivity index (χ2v) is 7.76. The number of nitrogens with zero attached hydrogens (tertiary/aromatic N) is 6. The van der Waals surface area contributed by atoms with Crippen molar-refractivity contribution < 1.29 is 5.11 Å². The number of nitriles is 1. The van der Waals surface area contributed by atoms with Crippen LogP contribution in [0.2, 0.25) is 0 Å². The van der Waals surface area contributed by atoms with Crippen LogP contribution in [-0.2, 0) is 6.61 Å². The molecule has 0 unspecified atom stereocenters. The number of aromatic nitrogens is 4. The summed E-state index contributed by atoms with van der Waals surface area (Å²) >= 11 is 0. The van der Waals surface area contributed by atoms with Gasteiger partial charge in [0.25, 0.3) is 0 Å². The predicted molar refractivity (Wildman–Crippen MR) is 112 cm³/mol. The fourth-order valence-electron chi connectivity index (χ4n) is 2.74. The number of pyridine rings is 2. The molecule has 0 saturated heterocycles. The molecule has 8 heteroatoms. The largest absolute Gasteiger partial charge is 0.404 e. The molecule has 148 valence electrons. The molecule has 3 heterocycles. The van der Waals surface area contributed by atoms with Crippen LogP contribution in [-0.4, -0.2) is 37.4 Å². The van der Waals surface area contributed by atoms with E-state index in [1.165, 1.54) is 6.20 Å². The maximum atomic E-state index is 9.30. The van der Waals surface area contributed by atoms with Crippen molar-refractivity contribution in [2.75, 3.05) is 6.54 Å². The van der Waals surface area contributed by atoms with Crippen LogP contribution in [0.3, 0.4) is 0 Å². The Balaban J connectivity index is 2.09. The Morgan fingerprint density at radius 2 is 2.10 bits per heavy atom. The topological polar surface area (TPSA) is 125 Å². The number of nitrogens with two attached hydrogens (primary N) is 1. The summed E-state index contributed by atoms with van der Waals surface area (Å²) in [4.78, 5) is 13.3. The molecule has 8 nitrogen and oxygen atoms in total. The molecule has 3 N–H and O–H groups in total. The monoisotopic (exact) mass is 389 g/mol. The molecule has 0 aromatic carbocycles. The van der Waals surface area contributed by atoms with Gasteiger partial charge in [-0.25, -0.2) is 14.5 Å². The lowest BCUT2D eigenvalue weighted by Gasteiger charge is -2.14. The summed E-state index contributed by atoms with van der Waals surface area (Å²) in [6.07, 6.45) is 4.95. The number of aliphatic imine (C=N–C) groups is 1. The molecule has 0 aliphatic carbocycles. The predicted octanol–water partition coefficient (Wildman–Crippen LogP) is 2.57. The first-order valence-electron chi connectivity index (χ1n) is 9.14. The third kappa shape index (κ3) is 4.65. The zero-order valence-corrected chi connectivity index (χ0v) is 16.7. The lowest BCUT2D eigenvalue weighted by Crippen LogP contribution is -2.09. The van der Waals surface area contributed by atoms with Crippen LogP contribution in [0.25, 0.3) is 22.5 Å². The van der Waals surface area contributed by atoms with Crippen molar-refractivity contribution in [1.82, 2.24) is 19.6 Å². The van der Waals surface area contributed by atoms with Crippen molar-refractivity contribution in [2.45, 2.75) is 27.4 Å². The third-order valence-electron chi connectivity index (χ3n) is 4.09. The minimum absolute atomic E-state index is 0.0606. The molecule has 3 rings (SSSR count). The molecule has 0 fully saturated rings. The second-order valence-electron chi connectivity index (χ2n) is 7.76. The van der Waals surface area contributed by atoms with Crippen LogP contribution in [0.5, 0.6) is 0 Å². The van der Waals surface area contributed by atoms with E-state index in [1.807, 2.05) is 12.1 Å². The molecule has 3 aromatic rings. The van der Waals surface area contributed by atoms with Crippen LogP contribution in [0.15, 0.2) is 41.7 Å². The quantitative estimate of drug-likeness (QED) is 0.646. The highest BCUT2D eigenvalue weighted by Crippen LogP contribution is 2.27. The van der Waals surface area contributed by atoms with Crippen LogP contribution in [0.4, 0.5) is 0 Å². The highest BCUT2D eigenvalue weighted by molar-refractivity contribution is 6.11. The molecule has 0 aliphatic rings. The number of allylic oxidation sites excluding steroid dienone is 1. The van der Waals surface area contributed by atoms with E-state index in [1.54, 1.807) is 29.1 Å². The lowest BCUT2D eigenvalue weighted by molar-refractivity contribution is 0.271. The van der Waals surface area contributed by atoms with Gasteiger partial charge in [0.05, 0.1) is 5.69 Å². The number of hydrogen-bond donors (Lipinski definition) is 2. The zero-order valence-electron chi connectivity index (χ0n) is 16.7. The normalized spacial score (nSPS) is 12.6. The Morgan fingerprint density at radius 1 is 1.31 bits per heavy atom. The minimum atomic E-state index is -0.241. The second kappa shape index (κ2) is 8.20. The maximum absolute atomic E-state index is 9.30. The van der Waals surface area contributed by atoms with Crippen LogP contribution in [0, 0.1) is 16.7 Å². The van der Waals surface area contributed by atoms with Gasteiger partial charge in [-0.3, -0.25) is 4.99 Å². The van der Waals surface area contributed by atoms with Gasteiger partial charge in [-0.1, -0.05) is 20.8 Å². The smallest absolute Gasteiger partial charge is 0.177 e. The van der Waals surface area contributed by atoms with E-state index in [4.69, 9.17) is 5.73 Å². The summed E-state index contributed by atoms with van der Waals surface area (Å²) in [5, 5.41) is 22.7. The van der Waals surface area contributed by atoms with Gasteiger partial charge in [0.15, 0.2) is 11.5 Å². The van der Waals surface area contributed by atoms with Gasteiger partial charge in [-0.2, -0.15) is 5.26 Å². The standard InChI is InChI=1S/C21H23N7O/c1-21(2,3)13-24-11-15(9-22)17-5-4-16(10-23)25-20(17)14-6-7-28-19(8-14)26-18(12-29)27-28/h4-9,11,29H,12-13,22H2,1-3H3. The van der Waals surface area contributed by atoms with E-state index in [2.05, 4.69) is 46.9 Å². The van der Waals surface area contributed by atoms with Crippen molar-refractivity contribution >= 4 is 17.4 Å². The van der Waals surface area contributed by atoms with E-state index in [-0.39, 0.29) is 12.0 Å². The van der Waals surface area contributed by atoms with Crippen molar-refractivity contribution in [3.8, 4) is 17.3 Å². The van der Waals surface area contributed by atoms with Gasteiger partial charge in [-0.05, 0) is 29.7 Å². The Morgan fingerprint density at radius 3 is 2.76 bits per heavy atom. The van der Waals surface area contributed by atoms with Crippen molar-refractivity contribution in [3.05, 3.63) is 53.7 Å². The van der Waals surface area contributed by atoms with Gasteiger partial charge < -0.3 is 10.8 Å². The minimum Gasteiger partial charge on any atom is -0.404 e. The van der Waals surface area contributed by atoms with Gasteiger partial charge in [-0.15, -0.1) is 5.10 Å². The van der Waals surface area contributed by atoms with E-state index in [9.17, 15) is 10.4 Å². The van der Waals surface area contributed by atoms with Gasteiger partial charge in [0.1, 0.15) is 18.4 Å². The molecule has 0 aliphatic heterocycles. The SMILES string of the molecule is CC(C)(C)CN=CC(=CN)c1ccc(C#N)nc1-c1ccn2nc(CO)nc2c1. The molecule has 0 saturated carbocycles. The van der Waals surface area contributed by atoms with Crippen molar-refractivity contribution in [3.63, 3.8) is 0 Å². The van der Waals surface area contributed by atoms with Crippen molar-refractivity contribution in [1.29, 1.82) is 5.26 Å². The van der Waals surface area contributed by atoms with E-state index < -0.39 is 0 Å². The summed E-state index contributed by atoms with van der Waals surface area (Å²) in [5.41, 5.74) is 9.63.